The lowest BCUT2D eigenvalue weighted by Gasteiger charge is -2.47. The number of hydrogen-bond acceptors (Lipinski definition) is 6. The number of benzene rings is 1. The number of nitrogens with zero attached hydrogens (tertiary/aromatic N) is 5. The maximum atomic E-state index is 14.2. The van der Waals surface area contributed by atoms with Crippen LogP contribution in [0.15, 0.2) is 30.5 Å². The molecule has 8 nitrogen and oxygen atoms in total. The fraction of sp³-hybridized carbons (Fsp3) is 0.577. The standard InChI is InChI=1S/C26H37Cl2FN6O2S/c1-4-22-18-34(26-24(28)15-21(16-30-26)31-38(36,37)32(3)5-2)12-13-35(22)23-8-10-33(11-9-23)17-19-6-7-20(27)14-25(19)29/h6-7,14-16,22-23,31H,4-5,8-13,17-18H2,1-3H3/t22-/m0/s1. The number of pyridine rings is 1. The van der Waals surface area contributed by atoms with Crippen molar-refractivity contribution in [3.05, 3.63) is 51.9 Å². The van der Waals surface area contributed by atoms with Gasteiger partial charge in [-0.25, -0.2) is 9.37 Å². The van der Waals surface area contributed by atoms with Crippen molar-refractivity contribution in [2.24, 2.45) is 0 Å². The van der Waals surface area contributed by atoms with E-state index in [2.05, 4.69) is 31.3 Å². The maximum absolute atomic E-state index is 14.2. The lowest BCUT2D eigenvalue weighted by atomic mass is 9.97. The number of piperazine rings is 1. The summed E-state index contributed by atoms with van der Waals surface area (Å²) in [6.45, 7) is 9.31. The van der Waals surface area contributed by atoms with E-state index in [1.54, 1.807) is 25.1 Å². The Balaban J connectivity index is 1.34. The second kappa shape index (κ2) is 12.7. The molecule has 2 aliphatic heterocycles. The quantitative estimate of drug-likeness (QED) is 0.459. The number of halogens is 3. The molecule has 0 aliphatic carbocycles. The van der Waals surface area contributed by atoms with Crippen LogP contribution < -0.4 is 9.62 Å². The molecule has 1 atom stereocenters. The van der Waals surface area contributed by atoms with Gasteiger partial charge in [0.25, 0.3) is 0 Å². The molecule has 0 unspecified atom stereocenters. The van der Waals surface area contributed by atoms with Crippen LogP contribution >= 0.6 is 23.2 Å². The number of nitrogens with one attached hydrogen (secondary N) is 1. The molecule has 0 saturated carbocycles. The van der Waals surface area contributed by atoms with Gasteiger partial charge in [-0.2, -0.15) is 12.7 Å². The van der Waals surface area contributed by atoms with Gasteiger partial charge in [-0.3, -0.25) is 14.5 Å². The molecule has 2 saturated heterocycles. The highest BCUT2D eigenvalue weighted by atomic mass is 35.5. The van der Waals surface area contributed by atoms with Gasteiger partial charge in [-0.05, 0) is 50.6 Å². The molecule has 1 aromatic carbocycles. The fourth-order valence-electron chi connectivity index (χ4n) is 5.32. The lowest BCUT2D eigenvalue weighted by Crippen LogP contribution is -2.58. The van der Waals surface area contributed by atoms with E-state index in [4.69, 9.17) is 23.2 Å². The molecular weight excluding hydrogens is 550 g/mol. The molecule has 2 fully saturated rings. The minimum absolute atomic E-state index is 0.243. The molecule has 2 aromatic rings. The van der Waals surface area contributed by atoms with Crippen molar-refractivity contribution < 1.29 is 12.8 Å². The Morgan fingerprint density at radius 1 is 1.13 bits per heavy atom. The van der Waals surface area contributed by atoms with Crippen molar-refractivity contribution in [3.8, 4) is 0 Å². The molecule has 12 heteroatoms. The lowest BCUT2D eigenvalue weighted by molar-refractivity contribution is 0.0607. The van der Waals surface area contributed by atoms with Crippen LogP contribution in [0.2, 0.25) is 10.0 Å². The summed E-state index contributed by atoms with van der Waals surface area (Å²) in [6, 6.07) is 7.38. The highest BCUT2D eigenvalue weighted by Gasteiger charge is 2.34. The summed E-state index contributed by atoms with van der Waals surface area (Å²) < 4.78 is 42.7. The number of rotatable bonds is 9. The van der Waals surface area contributed by atoms with Crippen LogP contribution in [-0.4, -0.2) is 85.9 Å². The van der Waals surface area contributed by atoms with Gasteiger partial charge in [0.2, 0.25) is 0 Å². The number of piperidine rings is 1. The first-order valence-corrected chi connectivity index (χ1v) is 15.4. The van der Waals surface area contributed by atoms with Gasteiger partial charge in [-0.1, -0.05) is 43.1 Å². The second-order valence-electron chi connectivity index (χ2n) is 10.0. The van der Waals surface area contributed by atoms with E-state index >= 15 is 0 Å². The average molecular weight is 588 g/mol. The second-order valence-corrected chi connectivity index (χ2v) is 12.7. The van der Waals surface area contributed by atoms with Crippen molar-refractivity contribution in [3.63, 3.8) is 0 Å². The van der Waals surface area contributed by atoms with Gasteiger partial charge in [0, 0.05) is 62.4 Å². The predicted molar refractivity (Wildman–Crippen MR) is 153 cm³/mol. The van der Waals surface area contributed by atoms with Crippen molar-refractivity contribution in [2.75, 3.05) is 55.9 Å². The van der Waals surface area contributed by atoms with Gasteiger partial charge in [-0.15, -0.1) is 0 Å². The first-order valence-electron chi connectivity index (χ1n) is 13.2. The minimum atomic E-state index is -3.64. The number of anilines is 2. The van der Waals surface area contributed by atoms with Crippen molar-refractivity contribution in [2.45, 2.75) is 51.7 Å². The molecule has 4 rings (SSSR count). The summed E-state index contributed by atoms with van der Waals surface area (Å²) in [5, 5.41) is 0.849. The molecule has 210 valence electrons. The zero-order valence-electron chi connectivity index (χ0n) is 22.2. The Labute approximate surface area is 235 Å². The van der Waals surface area contributed by atoms with Crippen molar-refractivity contribution >= 4 is 44.9 Å². The van der Waals surface area contributed by atoms with E-state index in [0.717, 1.165) is 52.0 Å². The Morgan fingerprint density at radius 2 is 1.87 bits per heavy atom. The molecule has 1 N–H and O–H groups in total. The monoisotopic (exact) mass is 586 g/mol. The largest absolute Gasteiger partial charge is 0.353 e. The Hall–Kier alpha value is -1.69. The van der Waals surface area contributed by atoms with Gasteiger partial charge in [0.1, 0.15) is 11.6 Å². The summed E-state index contributed by atoms with van der Waals surface area (Å²) in [5.41, 5.74) is 1.03. The van der Waals surface area contributed by atoms with Crippen LogP contribution in [0.1, 0.15) is 38.7 Å². The molecule has 3 heterocycles. The third-order valence-electron chi connectivity index (χ3n) is 7.66. The average Bonchev–Trinajstić information content (AvgIpc) is 2.89. The molecule has 0 amide bonds. The summed E-state index contributed by atoms with van der Waals surface area (Å²) in [4.78, 5) is 11.7. The van der Waals surface area contributed by atoms with Crippen LogP contribution in [0.5, 0.6) is 0 Å². The Kier molecular flexibility index (Phi) is 9.76. The van der Waals surface area contributed by atoms with Crippen molar-refractivity contribution in [1.29, 1.82) is 0 Å². The molecule has 0 radical (unpaired) electrons. The summed E-state index contributed by atoms with van der Waals surface area (Å²) in [7, 11) is -2.13. The third kappa shape index (κ3) is 6.89. The first-order chi connectivity index (χ1) is 18.1. The third-order valence-corrected chi connectivity index (χ3v) is 9.74. The number of hydrogen-bond donors (Lipinski definition) is 1. The van der Waals surface area contributed by atoms with E-state index in [1.165, 1.54) is 23.6 Å². The zero-order chi connectivity index (χ0) is 27.4. The molecule has 2 aliphatic rings. The van der Waals surface area contributed by atoms with Crippen LogP contribution in [0.3, 0.4) is 0 Å². The van der Waals surface area contributed by atoms with Gasteiger partial charge in [0.15, 0.2) is 0 Å². The van der Waals surface area contributed by atoms with Gasteiger partial charge in [0.05, 0.1) is 16.9 Å². The highest BCUT2D eigenvalue weighted by Crippen LogP contribution is 2.31. The number of likely N-dealkylation sites (tertiary alicyclic amines) is 1. The van der Waals surface area contributed by atoms with Crippen LogP contribution in [0.25, 0.3) is 0 Å². The molecular formula is C26H37Cl2FN6O2S. The van der Waals surface area contributed by atoms with E-state index in [-0.39, 0.29) is 5.82 Å². The van der Waals surface area contributed by atoms with Crippen molar-refractivity contribution in [1.82, 2.24) is 19.1 Å². The predicted octanol–water partition coefficient (Wildman–Crippen LogP) is 4.70. The topological polar surface area (TPSA) is 72.0 Å². The smallest absolute Gasteiger partial charge is 0.301 e. The highest BCUT2D eigenvalue weighted by molar-refractivity contribution is 7.90. The van der Waals surface area contributed by atoms with Gasteiger partial charge >= 0.3 is 10.2 Å². The SMILES string of the molecule is CC[C@H]1CN(c2ncc(NS(=O)(=O)N(C)CC)cc2Cl)CCN1C1CCN(Cc2ccc(Cl)cc2F)CC1. The Bertz CT molecular complexity index is 1210. The van der Waals surface area contributed by atoms with E-state index in [0.29, 0.717) is 52.3 Å². The van der Waals surface area contributed by atoms with E-state index in [1.807, 2.05) is 0 Å². The summed E-state index contributed by atoms with van der Waals surface area (Å²) in [5.74, 6) is 0.434. The number of aromatic nitrogens is 1. The zero-order valence-corrected chi connectivity index (χ0v) is 24.5. The van der Waals surface area contributed by atoms with Crippen LogP contribution in [0.4, 0.5) is 15.9 Å². The summed E-state index contributed by atoms with van der Waals surface area (Å²) >= 11 is 12.5. The first kappa shape index (κ1) is 29.3. The molecule has 0 spiro atoms. The van der Waals surface area contributed by atoms with E-state index in [9.17, 15) is 12.8 Å². The van der Waals surface area contributed by atoms with Crippen LogP contribution in [0, 0.1) is 5.82 Å². The Morgan fingerprint density at radius 3 is 2.50 bits per heavy atom. The molecule has 1 aromatic heterocycles. The van der Waals surface area contributed by atoms with Gasteiger partial charge < -0.3 is 4.90 Å². The molecule has 38 heavy (non-hydrogen) atoms. The van der Waals surface area contributed by atoms with E-state index < -0.39 is 10.2 Å². The summed E-state index contributed by atoms with van der Waals surface area (Å²) in [6.07, 6.45) is 4.62. The fourth-order valence-corrected chi connectivity index (χ4v) is 6.67. The minimum Gasteiger partial charge on any atom is -0.353 e. The molecule has 0 bridgehead atoms. The van der Waals surface area contributed by atoms with Crippen LogP contribution in [-0.2, 0) is 16.8 Å². The maximum Gasteiger partial charge on any atom is 0.301 e. The normalized spacial score (nSPS) is 20.3.